The molecule has 1 aromatic heterocycles. The van der Waals surface area contributed by atoms with E-state index in [1.54, 1.807) is 18.2 Å². The molecule has 32 heavy (non-hydrogen) atoms. The third kappa shape index (κ3) is 4.73. The van der Waals surface area contributed by atoms with Crippen LogP contribution in [0.5, 0.6) is 0 Å². The Morgan fingerprint density at radius 1 is 1.22 bits per heavy atom. The highest BCUT2D eigenvalue weighted by Crippen LogP contribution is 2.43. The molecule has 9 heteroatoms. The Hall–Kier alpha value is -2.65. The summed E-state index contributed by atoms with van der Waals surface area (Å²) < 4.78 is 2.95. The molecule has 1 fully saturated rings. The lowest BCUT2D eigenvalue weighted by Gasteiger charge is -2.40. The molecule has 3 rings (SSSR count). The minimum atomic E-state index is -0.964. The average molecular weight is 446 g/mol. The quantitative estimate of drug-likeness (QED) is 0.482. The van der Waals surface area contributed by atoms with Gasteiger partial charge >= 0.3 is 5.69 Å². The number of aliphatic hydroxyl groups excluding tert-OH is 1. The van der Waals surface area contributed by atoms with Crippen LogP contribution in [-0.2, 0) is 11.3 Å². The van der Waals surface area contributed by atoms with Crippen LogP contribution in [0.4, 0.5) is 0 Å². The van der Waals surface area contributed by atoms with Crippen LogP contribution in [0, 0.1) is 23.7 Å². The van der Waals surface area contributed by atoms with Gasteiger partial charge in [0.25, 0.3) is 5.91 Å². The first-order valence-corrected chi connectivity index (χ1v) is 11.3. The third-order valence-electron chi connectivity index (χ3n) is 6.72. The number of carbonyl (C=O) groups is 2. The molecule has 1 aliphatic carbocycles. The van der Waals surface area contributed by atoms with E-state index in [9.17, 15) is 19.5 Å². The highest BCUT2D eigenvalue weighted by molar-refractivity contribution is 5.99. The second kappa shape index (κ2) is 9.87. The summed E-state index contributed by atoms with van der Waals surface area (Å²) >= 11 is 0. The molecule has 9 nitrogen and oxygen atoms in total. The van der Waals surface area contributed by atoms with Crippen LogP contribution in [0.15, 0.2) is 23.0 Å². The van der Waals surface area contributed by atoms with E-state index in [2.05, 4.69) is 26.1 Å². The molecule has 0 spiro atoms. The largest absolute Gasteiger partial charge is 0.373 e. The average Bonchev–Trinajstić information content (AvgIpc) is 3.02. The first-order valence-electron chi connectivity index (χ1n) is 11.3. The number of hydrogen-bond acceptors (Lipinski definition) is 5. The molecule has 0 bridgehead atoms. The Labute approximate surface area is 187 Å². The van der Waals surface area contributed by atoms with Crippen molar-refractivity contribution in [3.05, 3.63) is 34.2 Å². The van der Waals surface area contributed by atoms with Crippen molar-refractivity contribution in [3.63, 3.8) is 0 Å². The fourth-order valence-electron chi connectivity index (χ4n) is 5.10. The predicted molar refractivity (Wildman–Crippen MR) is 123 cm³/mol. The van der Waals surface area contributed by atoms with Gasteiger partial charge in [0, 0.05) is 24.6 Å². The van der Waals surface area contributed by atoms with Crippen molar-refractivity contribution >= 4 is 22.8 Å². The molecular formula is C23H35N5O4. The number of nitrogens with zero attached hydrogens (tertiary/aromatic N) is 2. The summed E-state index contributed by atoms with van der Waals surface area (Å²) in [6, 6.07) is 4.84. The number of hydrogen-bond donors (Lipinski definition) is 4. The van der Waals surface area contributed by atoms with Crippen molar-refractivity contribution in [3.8, 4) is 0 Å². The molecule has 0 aliphatic heterocycles. The first-order chi connectivity index (χ1) is 15.1. The van der Waals surface area contributed by atoms with Gasteiger partial charge < -0.3 is 21.9 Å². The Kier molecular flexibility index (Phi) is 7.40. The summed E-state index contributed by atoms with van der Waals surface area (Å²) in [6.45, 7) is 6.74. The van der Waals surface area contributed by atoms with Crippen molar-refractivity contribution in [2.24, 2.45) is 35.1 Å². The lowest BCUT2D eigenvalue weighted by molar-refractivity contribution is -0.117. The van der Waals surface area contributed by atoms with Gasteiger partial charge in [0.1, 0.15) is 6.23 Å². The van der Waals surface area contributed by atoms with E-state index in [1.165, 1.54) is 9.13 Å². The van der Waals surface area contributed by atoms with E-state index in [4.69, 9.17) is 11.5 Å². The summed E-state index contributed by atoms with van der Waals surface area (Å²) in [4.78, 5) is 36.7. The molecule has 0 saturated heterocycles. The first kappa shape index (κ1) is 24.0. The lowest BCUT2D eigenvalue weighted by Crippen LogP contribution is -2.38. The zero-order chi connectivity index (χ0) is 23.6. The summed E-state index contributed by atoms with van der Waals surface area (Å²) in [7, 11) is 0. The molecule has 1 unspecified atom stereocenters. The topological polar surface area (TPSA) is 145 Å². The number of aromatic nitrogens is 2. The van der Waals surface area contributed by atoms with E-state index in [0.29, 0.717) is 34.4 Å². The van der Waals surface area contributed by atoms with Gasteiger partial charge in [-0.1, -0.05) is 27.2 Å². The van der Waals surface area contributed by atoms with Crippen molar-refractivity contribution in [2.45, 2.75) is 52.8 Å². The van der Waals surface area contributed by atoms with Gasteiger partial charge in [-0.3, -0.25) is 18.7 Å². The number of rotatable bonds is 8. The number of primary amides is 1. The summed E-state index contributed by atoms with van der Waals surface area (Å²) in [6.07, 6.45) is 2.04. The molecule has 1 heterocycles. The lowest BCUT2D eigenvalue weighted by atomic mass is 9.69. The van der Waals surface area contributed by atoms with E-state index >= 15 is 0 Å². The SMILES string of the molecule is CC(C)[C@@H]1CC[C@@H](C)C[C@H]1C(O)n1c(=O)n(CCN)c2cc(C(=O)NCC(N)=O)ccc21. The Morgan fingerprint density at radius 3 is 2.56 bits per heavy atom. The monoisotopic (exact) mass is 445 g/mol. The molecule has 1 aromatic carbocycles. The van der Waals surface area contributed by atoms with Crippen molar-refractivity contribution in [1.29, 1.82) is 0 Å². The zero-order valence-electron chi connectivity index (χ0n) is 19.1. The van der Waals surface area contributed by atoms with Crippen LogP contribution < -0.4 is 22.5 Å². The fourth-order valence-corrected chi connectivity index (χ4v) is 5.10. The summed E-state index contributed by atoms with van der Waals surface area (Å²) in [5, 5.41) is 13.9. The minimum absolute atomic E-state index is 0.0353. The van der Waals surface area contributed by atoms with Gasteiger partial charge in [0.15, 0.2) is 0 Å². The standard InChI is InChI=1S/C23H35N5O4/c1-13(2)16-6-4-14(3)10-17(16)22(31)28-18-7-5-15(21(30)26-12-20(25)29)11-19(18)27(9-8-24)23(28)32/h5,7,11,13-14,16-17,22,31H,4,6,8-10,12,24H2,1-3H3,(H2,25,29)(H,26,30)/t14-,16+,17-,22?/m1/s1. The van der Waals surface area contributed by atoms with Gasteiger partial charge in [0.2, 0.25) is 5.91 Å². The van der Waals surface area contributed by atoms with E-state index in [-0.39, 0.29) is 31.2 Å². The van der Waals surface area contributed by atoms with Gasteiger partial charge in [-0.15, -0.1) is 0 Å². The van der Waals surface area contributed by atoms with Crippen LogP contribution in [0.3, 0.4) is 0 Å². The normalized spacial score (nSPS) is 22.2. The molecule has 1 saturated carbocycles. The van der Waals surface area contributed by atoms with Gasteiger partial charge in [0.05, 0.1) is 17.6 Å². The minimum Gasteiger partial charge on any atom is -0.373 e. The number of imidazole rings is 1. The fraction of sp³-hybridized carbons (Fsp3) is 0.609. The van der Waals surface area contributed by atoms with Crippen molar-refractivity contribution in [1.82, 2.24) is 14.5 Å². The highest BCUT2D eigenvalue weighted by atomic mass is 16.3. The number of nitrogens with one attached hydrogen (secondary N) is 1. The molecule has 2 aromatic rings. The molecule has 0 radical (unpaired) electrons. The Morgan fingerprint density at radius 2 is 1.94 bits per heavy atom. The number of fused-ring (bicyclic) bond motifs is 1. The second-order valence-corrected chi connectivity index (χ2v) is 9.35. The van der Waals surface area contributed by atoms with Crippen molar-refractivity contribution < 1.29 is 14.7 Å². The smallest absolute Gasteiger partial charge is 0.331 e. The van der Waals surface area contributed by atoms with Crippen LogP contribution in [-0.4, -0.2) is 39.1 Å². The van der Waals surface area contributed by atoms with Crippen LogP contribution in [0.2, 0.25) is 0 Å². The Balaban J connectivity index is 2.06. The summed E-state index contributed by atoms with van der Waals surface area (Å²) in [5.74, 6) is 0.0581. The molecule has 1 aliphatic rings. The molecule has 4 atom stereocenters. The van der Waals surface area contributed by atoms with Gasteiger partial charge in [-0.2, -0.15) is 0 Å². The molecular weight excluding hydrogens is 410 g/mol. The number of nitrogens with two attached hydrogens (primary N) is 2. The van der Waals surface area contributed by atoms with Gasteiger partial charge in [-0.25, -0.2) is 4.79 Å². The molecule has 176 valence electrons. The van der Waals surface area contributed by atoms with Crippen LogP contribution in [0.1, 0.15) is 56.6 Å². The zero-order valence-corrected chi connectivity index (χ0v) is 19.1. The maximum atomic E-state index is 13.4. The van der Waals surface area contributed by atoms with Crippen molar-refractivity contribution in [2.75, 3.05) is 13.1 Å². The van der Waals surface area contributed by atoms with Gasteiger partial charge in [-0.05, 0) is 48.8 Å². The number of aliphatic hydroxyl groups is 1. The predicted octanol–water partition coefficient (Wildman–Crippen LogP) is 1.18. The van der Waals surface area contributed by atoms with Crippen LogP contribution in [0.25, 0.3) is 11.0 Å². The maximum absolute atomic E-state index is 13.4. The Bertz CT molecular complexity index is 1040. The number of amides is 2. The molecule has 2 amide bonds. The van der Waals surface area contributed by atoms with E-state index in [1.807, 2.05) is 0 Å². The van der Waals surface area contributed by atoms with E-state index < -0.39 is 18.0 Å². The third-order valence-corrected chi connectivity index (χ3v) is 6.72. The number of carbonyl (C=O) groups excluding carboxylic acids is 2. The summed E-state index contributed by atoms with van der Waals surface area (Å²) in [5.41, 5.74) is 11.9. The second-order valence-electron chi connectivity index (χ2n) is 9.35. The molecule has 6 N–H and O–H groups in total. The maximum Gasteiger partial charge on any atom is 0.331 e. The highest BCUT2D eigenvalue weighted by Gasteiger charge is 2.37. The van der Waals surface area contributed by atoms with Crippen LogP contribution >= 0.6 is 0 Å². The number of benzene rings is 1. The van der Waals surface area contributed by atoms with E-state index in [0.717, 1.165) is 19.3 Å².